The summed E-state index contributed by atoms with van der Waals surface area (Å²) in [6.45, 7) is 8.60. The highest BCUT2D eigenvalue weighted by Gasteiger charge is 2.16. The number of anilines is 1. The molecule has 0 saturated heterocycles. The molecule has 1 heterocycles. The van der Waals surface area contributed by atoms with Crippen molar-refractivity contribution in [2.75, 3.05) is 5.32 Å². The SMILES string of the molecule is CCc1ccc([C@H](Nc2cc(C)ncn2)C(C)C)cc1. The number of hydrogen-bond donors (Lipinski definition) is 1. The van der Waals surface area contributed by atoms with Crippen LogP contribution in [0.2, 0.25) is 0 Å². The van der Waals surface area contributed by atoms with Crippen molar-refractivity contribution < 1.29 is 0 Å². The summed E-state index contributed by atoms with van der Waals surface area (Å²) in [5, 5.41) is 3.52. The number of aromatic nitrogens is 2. The number of aryl methyl sites for hydroxylation is 2. The third-order valence-electron chi connectivity index (χ3n) is 3.52. The Balaban J connectivity index is 2.22. The molecular weight excluding hydrogens is 246 g/mol. The lowest BCUT2D eigenvalue weighted by molar-refractivity contribution is 0.544. The van der Waals surface area contributed by atoms with Crippen molar-refractivity contribution in [1.82, 2.24) is 9.97 Å². The van der Waals surface area contributed by atoms with Gasteiger partial charge in [-0.05, 0) is 30.4 Å². The molecule has 2 aromatic rings. The molecule has 0 unspecified atom stereocenters. The van der Waals surface area contributed by atoms with E-state index in [-0.39, 0.29) is 6.04 Å². The second kappa shape index (κ2) is 6.51. The molecule has 1 aromatic heterocycles. The largest absolute Gasteiger partial charge is 0.363 e. The lowest BCUT2D eigenvalue weighted by Gasteiger charge is -2.23. The molecule has 3 heteroatoms. The van der Waals surface area contributed by atoms with Crippen molar-refractivity contribution in [3.8, 4) is 0 Å². The topological polar surface area (TPSA) is 37.8 Å². The van der Waals surface area contributed by atoms with Crippen LogP contribution in [0.4, 0.5) is 5.82 Å². The van der Waals surface area contributed by atoms with E-state index in [0.29, 0.717) is 5.92 Å². The summed E-state index contributed by atoms with van der Waals surface area (Å²) in [5.74, 6) is 1.37. The van der Waals surface area contributed by atoms with Gasteiger partial charge < -0.3 is 5.32 Å². The van der Waals surface area contributed by atoms with Gasteiger partial charge in [0.2, 0.25) is 0 Å². The van der Waals surface area contributed by atoms with Crippen LogP contribution in [0.3, 0.4) is 0 Å². The Labute approximate surface area is 121 Å². The van der Waals surface area contributed by atoms with Gasteiger partial charge >= 0.3 is 0 Å². The van der Waals surface area contributed by atoms with E-state index in [2.05, 4.69) is 60.3 Å². The molecule has 0 aliphatic carbocycles. The molecule has 3 nitrogen and oxygen atoms in total. The minimum absolute atomic E-state index is 0.259. The first-order valence-corrected chi connectivity index (χ1v) is 7.24. The molecule has 1 atom stereocenters. The predicted octanol–water partition coefficient (Wildman–Crippen LogP) is 4.16. The Hall–Kier alpha value is -1.90. The highest BCUT2D eigenvalue weighted by molar-refractivity contribution is 5.39. The molecule has 1 aromatic carbocycles. The number of hydrogen-bond acceptors (Lipinski definition) is 3. The zero-order chi connectivity index (χ0) is 14.5. The Morgan fingerprint density at radius 2 is 1.80 bits per heavy atom. The first kappa shape index (κ1) is 14.5. The fraction of sp³-hybridized carbons (Fsp3) is 0.412. The van der Waals surface area contributed by atoms with E-state index >= 15 is 0 Å². The standard InChI is InChI=1S/C17H23N3/c1-5-14-6-8-15(9-7-14)17(12(2)3)20-16-10-13(4)18-11-19-16/h6-12,17H,5H2,1-4H3,(H,18,19,20)/t17-/m1/s1. The van der Waals surface area contributed by atoms with Crippen LogP contribution in [-0.2, 0) is 6.42 Å². The fourth-order valence-electron chi connectivity index (χ4n) is 2.29. The molecule has 0 aliphatic rings. The van der Waals surface area contributed by atoms with Crippen molar-refractivity contribution >= 4 is 5.82 Å². The summed E-state index contributed by atoms with van der Waals surface area (Å²) in [5.41, 5.74) is 3.65. The van der Waals surface area contributed by atoms with Gasteiger partial charge in [-0.1, -0.05) is 45.0 Å². The van der Waals surface area contributed by atoms with Gasteiger partial charge in [-0.15, -0.1) is 0 Å². The van der Waals surface area contributed by atoms with Gasteiger partial charge in [0.25, 0.3) is 0 Å². The zero-order valence-corrected chi connectivity index (χ0v) is 12.7. The lowest BCUT2D eigenvalue weighted by atomic mass is 9.95. The maximum absolute atomic E-state index is 4.30. The Morgan fingerprint density at radius 1 is 1.10 bits per heavy atom. The third kappa shape index (κ3) is 3.56. The second-order valence-electron chi connectivity index (χ2n) is 5.51. The summed E-state index contributed by atoms with van der Waals surface area (Å²) in [6, 6.07) is 11.1. The van der Waals surface area contributed by atoms with Crippen LogP contribution in [0.1, 0.15) is 43.6 Å². The summed E-state index contributed by atoms with van der Waals surface area (Å²) in [6.07, 6.45) is 2.68. The summed E-state index contributed by atoms with van der Waals surface area (Å²) in [7, 11) is 0. The van der Waals surface area contributed by atoms with Gasteiger partial charge in [-0.2, -0.15) is 0 Å². The minimum Gasteiger partial charge on any atom is -0.363 e. The lowest BCUT2D eigenvalue weighted by Crippen LogP contribution is -2.17. The maximum atomic E-state index is 4.30. The van der Waals surface area contributed by atoms with E-state index in [4.69, 9.17) is 0 Å². The van der Waals surface area contributed by atoms with Crippen LogP contribution in [0.15, 0.2) is 36.7 Å². The first-order chi connectivity index (χ1) is 9.60. The van der Waals surface area contributed by atoms with Gasteiger partial charge in [-0.25, -0.2) is 9.97 Å². The van der Waals surface area contributed by atoms with E-state index < -0.39 is 0 Å². The van der Waals surface area contributed by atoms with Crippen LogP contribution < -0.4 is 5.32 Å². The molecule has 20 heavy (non-hydrogen) atoms. The summed E-state index contributed by atoms with van der Waals surface area (Å²) >= 11 is 0. The van der Waals surface area contributed by atoms with Crippen LogP contribution in [0, 0.1) is 12.8 Å². The Bertz CT molecular complexity index is 546. The predicted molar refractivity (Wildman–Crippen MR) is 83.8 cm³/mol. The molecule has 0 aliphatic heterocycles. The molecule has 0 radical (unpaired) electrons. The number of nitrogens with zero attached hydrogens (tertiary/aromatic N) is 2. The number of benzene rings is 1. The second-order valence-corrected chi connectivity index (χ2v) is 5.51. The molecule has 1 N–H and O–H groups in total. The average molecular weight is 269 g/mol. The minimum atomic E-state index is 0.259. The molecule has 0 bridgehead atoms. The first-order valence-electron chi connectivity index (χ1n) is 7.24. The molecule has 0 amide bonds. The van der Waals surface area contributed by atoms with Crippen molar-refractivity contribution in [3.63, 3.8) is 0 Å². The van der Waals surface area contributed by atoms with Crippen LogP contribution in [0.25, 0.3) is 0 Å². The number of rotatable bonds is 5. The smallest absolute Gasteiger partial charge is 0.130 e. The fourth-order valence-corrected chi connectivity index (χ4v) is 2.29. The maximum Gasteiger partial charge on any atom is 0.130 e. The zero-order valence-electron chi connectivity index (χ0n) is 12.7. The quantitative estimate of drug-likeness (QED) is 0.885. The van der Waals surface area contributed by atoms with E-state index in [1.54, 1.807) is 6.33 Å². The van der Waals surface area contributed by atoms with Gasteiger partial charge in [0.1, 0.15) is 12.1 Å². The van der Waals surface area contributed by atoms with E-state index in [0.717, 1.165) is 17.9 Å². The Kier molecular flexibility index (Phi) is 4.72. The molecule has 0 fully saturated rings. The van der Waals surface area contributed by atoms with E-state index in [1.165, 1.54) is 11.1 Å². The summed E-state index contributed by atoms with van der Waals surface area (Å²) < 4.78 is 0. The van der Waals surface area contributed by atoms with E-state index in [1.807, 2.05) is 13.0 Å². The van der Waals surface area contributed by atoms with Gasteiger partial charge in [0.05, 0.1) is 6.04 Å². The number of nitrogens with one attached hydrogen (secondary N) is 1. The molecule has 0 spiro atoms. The van der Waals surface area contributed by atoms with Crippen LogP contribution in [0.5, 0.6) is 0 Å². The highest BCUT2D eigenvalue weighted by Crippen LogP contribution is 2.26. The van der Waals surface area contributed by atoms with Crippen molar-refractivity contribution in [2.24, 2.45) is 5.92 Å². The van der Waals surface area contributed by atoms with Gasteiger partial charge in [0.15, 0.2) is 0 Å². The monoisotopic (exact) mass is 269 g/mol. The highest BCUT2D eigenvalue weighted by atomic mass is 15.0. The molecule has 0 saturated carbocycles. The third-order valence-corrected chi connectivity index (χ3v) is 3.52. The Morgan fingerprint density at radius 3 is 2.35 bits per heavy atom. The van der Waals surface area contributed by atoms with Gasteiger partial charge in [0, 0.05) is 11.8 Å². The van der Waals surface area contributed by atoms with Gasteiger partial charge in [-0.3, -0.25) is 0 Å². The molecule has 2 rings (SSSR count). The van der Waals surface area contributed by atoms with Crippen molar-refractivity contribution in [2.45, 2.75) is 40.2 Å². The normalized spacial score (nSPS) is 12.4. The van der Waals surface area contributed by atoms with Crippen molar-refractivity contribution in [1.29, 1.82) is 0 Å². The van der Waals surface area contributed by atoms with Crippen LogP contribution >= 0.6 is 0 Å². The van der Waals surface area contributed by atoms with E-state index in [9.17, 15) is 0 Å². The molecular formula is C17H23N3. The van der Waals surface area contributed by atoms with Crippen molar-refractivity contribution in [3.05, 3.63) is 53.5 Å². The van der Waals surface area contributed by atoms with Crippen LogP contribution in [-0.4, -0.2) is 9.97 Å². The average Bonchev–Trinajstić information content (AvgIpc) is 2.45. The molecule has 106 valence electrons. The summed E-state index contributed by atoms with van der Waals surface area (Å²) in [4.78, 5) is 8.44.